The minimum Gasteiger partial charge on any atom is -0.491 e. The van der Waals surface area contributed by atoms with E-state index in [-0.39, 0.29) is 11.9 Å². The van der Waals surface area contributed by atoms with Gasteiger partial charge in [-0.1, -0.05) is 0 Å². The van der Waals surface area contributed by atoms with E-state index in [1.807, 2.05) is 37.8 Å². The highest BCUT2D eigenvalue weighted by Crippen LogP contribution is 2.51. The maximum atomic E-state index is 13.7. The zero-order valence-electron chi connectivity index (χ0n) is 18.0. The number of rotatable bonds is 4. The summed E-state index contributed by atoms with van der Waals surface area (Å²) < 4.78 is 5.73. The van der Waals surface area contributed by atoms with Crippen LogP contribution in [0.15, 0.2) is 28.4 Å². The van der Waals surface area contributed by atoms with E-state index < -0.39 is 5.54 Å². The number of aliphatic imine (C=N–C) groups is 1. The Morgan fingerprint density at radius 3 is 2.79 bits per heavy atom. The van der Waals surface area contributed by atoms with E-state index in [9.17, 15) is 4.79 Å². The highest BCUT2D eigenvalue weighted by atomic mass is 16.5. The number of aromatic nitrogens is 1. The molecule has 0 bridgehead atoms. The molecule has 0 radical (unpaired) electrons. The van der Waals surface area contributed by atoms with Crippen LogP contribution in [0.4, 0.5) is 0 Å². The van der Waals surface area contributed by atoms with Gasteiger partial charge >= 0.3 is 0 Å². The normalized spacial score (nSPS) is 31.0. The van der Waals surface area contributed by atoms with Crippen molar-refractivity contribution in [3.8, 4) is 5.75 Å². The average molecular weight is 398 g/mol. The van der Waals surface area contributed by atoms with E-state index in [2.05, 4.69) is 24.1 Å². The van der Waals surface area contributed by atoms with Gasteiger partial charge in [0.25, 0.3) is 5.91 Å². The van der Waals surface area contributed by atoms with E-state index in [0.717, 1.165) is 29.9 Å². The molecule has 1 saturated heterocycles. The monoisotopic (exact) mass is 397 g/mol. The lowest BCUT2D eigenvalue weighted by molar-refractivity contribution is 0.0494. The first-order chi connectivity index (χ1) is 13.7. The summed E-state index contributed by atoms with van der Waals surface area (Å²) in [6.07, 6.45) is 2.11. The molecule has 1 aliphatic carbocycles. The number of nitrogens with two attached hydrogens (primary N) is 1. The molecule has 1 aromatic rings. The van der Waals surface area contributed by atoms with Gasteiger partial charge in [0.15, 0.2) is 17.4 Å². The van der Waals surface area contributed by atoms with Crippen LogP contribution in [0.3, 0.4) is 0 Å². The Morgan fingerprint density at radius 2 is 2.07 bits per heavy atom. The van der Waals surface area contributed by atoms with Gasteiger partial charge in [-0.05, 0) is 77.0 Å². The lowest BCUT2D eigenvalue weighted by Crippen LogP contribution is -2.58. The lowest BCUT2D eigenvalue weighted by atomic mass is 9.78. The van der Waals surface area contributed by atoms with Crippen molar-refractivity contribution >= 4 is 11.9 Å². The van der Waals surface area contributed by atoms with Crippen LogP contribution in [0.2, 0.25) is 0 Å². The van der Waals surface area contributed by atoms with Crippen molar-refractivity contribution in [1.29, 1.82) is 0 Å². The molecule has 3 aliphatic rings. The number of likely N-dealkylation sites (tertiary alicyclic amines) is 1. The third-order valence-corrected chi connectivity index (χ3v) is 6.80. The van der Waals surface area contributed by atoms with Crippen LogP contribution in [0.5, 0.6) is 5.75 Å². The standard InChI is InChI=1S/C22H31N5O2/c1-6-29-17-8-7-12(2)24-19(17)20(28)27-11-16-9-15(16)10-18(27)22(5)13(3)14(4)25-21(23)26-22/h7-8,15-16,18H,6,9-11H2,1-5H3,(H3,23,25,26). The van der Waals surface area contributed by atoms with Gasteiger partial charge in [-0.15, -0.1) is 0 Å². The number of hydrogen-bond donors (Lipinski definition) is 2. The number of ether oxygens (including phenoxy) is 1. The number of fused-ring (bicyclic) bond motifs is 1. The number of carbonyl (C=O) groups excluding carboxylic acids is 1. The number of pyridine rings is 1. The summed E-state index contributed by atoms with van der Waals surface area (Å²) in [4.78, 5) is 25.1. The molecule has 2 fully saturated rings. The topological polar surface area (TPSA) is 92.8 Å². The summed E-state index contributed by atoms with van der Waals surface area (Å²) in [6, 6.07) is 3.66. The summed E-state index contributed by atoms with van der Waals surface area (Å²) >= 11 is 0. The number of hydrogen-bond acceptors (Lipinski definition) is 6. The van der Waals surface area contributed by atoms with Crippen LogP contribution in [0.25, 0.3) is 0 Å². The van der Waals surface area contributed by atoms with Crippen molar-refractivity contribution in [3.05, 3.63) is 34.8 Å². The second-order valence-electron chi connectivity index (χ2n) is 8.72. The van der Waals surface area contributed by atoms with Crippen molar-refractivity contribution in [2.75, 3.05) is 13.2 Å². The summed E-state index contributed by atoms with van der Waals surface area (Å²) in [6.45, 7) is 11.2. The molecule has 4 atom stereocenters. The fourth-order valence-corrected chi connectivity index (χ4v) is 4.83. The van der Waals surface area contributed by atoms with Crippen LogP contribution in [0.1, 0.15) is 56.7 Å². The van der Waals surface area contributed by atoms with Gasteiger partial charge in [0, 0.05) is 17.9 Å². The predicted molar refractivity (Wildman–Crippen MR) is 113 cm³/mol. The van der Waals surface area contributed by atoms with Gasteiger partial charge in [-0.3, -0.25) is 4.79 Å². The number of nitrogens with one attached hydrogen (secondary N) is 1. The molecule has 156 valence electrons. The van der Waals surface area contributed by atoms with Gasteiger partial charge in [0.2, 0.25) is 0 Å². The van der Waals surface area contributed by atoms with E-state index in [1.54, 1.807) is 0 Å². The minimum absolute atomic E-state index is 0.0638. The van der Waals surface area contributed by atoms with Crippen molar-refractivity contribution in [2.45, 2.75) is 59.0 Å². The van der Waals surface area contributed by atoms with E-state index in [1.165, 1.54) is 6.42 Å². The Hall–Kier alpha value is -2.57. The Morgan fingerprint density at radius 1 is 1.31 bits per heavy atom. The fraction of sp³-hybridized carbons (Fsp3) is 0.591. The molecule has 0 aromatic carbocycles. The number of piperidine rings is 1. The van der Waals surface area contributed by atoms with Gasteiger partial charge < -0.3 is 20.7 Å². The number of allylic oxidation sites excluding steroid dienone is 1. The molecule has 4 unspecified atom stereocenters. The van der Waals surface area contributed by atoms with Crippen LogP contribution >= 0.6 is 0 Å². The first kappa shape index (κ1) is 19.7. The van der Waals surface area contributed by atoms with E-state index in [4.69, 9.17) is 15.5 Å². The summed E-state index contributed by atoms with van der Waals surface area (Å²) in [5.74, 6) is 2.11. The highest BCUT2D eigenvalue weighted by molar-refractivity contribution is 5.95. The first-order valence-corrected chi connectivity index (χ1v) is 10.5. The minimum atomic E-state index is -0.557. The van der Waals surface area contributed by atoms with Gasteiger partial charge in [-0.25, -0.2) is 9.98 Å². The van der Waals surface area contributed by atoms with Gasteiger partial charge in [-0.2, -0.15) is 0 Å². The number of amides is 1. The average Bonchev–Trinajstić information content (AvgIpc) is 3.44. The maximum Gasteiger partial charge on any atom is 0.276 e. The van der Waals surface area contributed by atoms with E-state index >= 15 is 0 Å². The molecule has 7 nitrogen and oxygen atoms in total. The predicted octanol–water partition coefficient (Wildman–Crippen LogP) is 2.61. The Balaban J connectivity index is 1.75. The van der Waals surface area contributed by atoms with Crippen LogP contribution in [-0.2, 0) is 0 Å². The number of nitrogens with zero attached hydrogens (tertiary/aromatic N) is 3. The maximum absolute atomic E-state index is 13.7. The zero-order valence-corrected chi connectivity index (χ0v) is 18.0. The molecule has 1 aromatic heterocycles. The third kappa shape index (κ3) is 3.36. The molecule has 3 N–H and O–H groups in total. The molecule has 1 amide bonds. The Labute approximate surface area is 172 Å². The second-order valence-corrected chi connectivity index (χ2v) is 8.72. The SMILES string of the molecule is CCOc1ccc(C)nc1C(=O)N1CC2CC2CC1C1(C)N=C(N)NC(C)=C1C. The molecule has 7 heteroatoms. The highest BCUT2D eigenvalue weighted by Gasteiger charge is 2.54. The van der Waals surface area contributed by atoms with Crippen molar-refractivity contribution in [2.24, 2.45) is 22.6 Å². The second kappa shape index (κ2) is 7.04. The van der Waals surface area contributed by atoms with Crippen LogP contribution in [-0.4, -0.2) is 46.5 Å². The Kier molecular flexibility index (Phi) is 4.79. The zero-order chi connectivity index (χ0) is 20.9. The lowest BCUT2D eigenvalue weighted by Gasteiger charge is -2.46. The largest absolute Gasteiger partial charge is 0.491 e. The summed E-state index contributed by atoms with van der Waals surface area (Å²) in [7, 11) is 0. The quantitative estimate of drug-likeness (QED) is 0.815. The molecule has 1 saturated carbocycles. The summed E-state index contributed by atoms with van der Waals surface area (Å²) in [5.41, 5.74) is 8.87. The third-order valence-electron chi connectivity index (χ3n) is 6.80. The molecule has 3 heterocycles. The fourth-order valence-electron chi connectivity index (χ4n) is 4.83. The van der Waals surface area contributed by atoms with Crippen LogP contribution < -0.4 is 15.8 Å². The first-order valence-electron chi connectivity index (χ1n) is 10.5. The van der Waals surface area contributed by atoms with Crippen LogP contribution in [0, 0.1) is 18.8 Å². The Bertz CT molecular complexity index is 908. The number of guanidine groups is 1. The molecule has 4 rings (SSSR count). The smallest absolute Gasteiger partial charge is 0.276 e. The molecule has 2 aliphatic heterocycles. The molecular formula is C22H31N5O2. The number of carbonyl (C=O) groups is 1. The van der Waals surface area contributed by atoms with Crippen molar-refractivity contribution in [3.63, 3.8) is 0 Å². The van der Waals surface area contributed by atoms with Crippen molar-refractivity contribution in [1.82, 2.24) is 15.2 Å². The molecule has 29 heavy (non-hydrogen) atoms. The molecular weight excluding hydrogens is 366 g/mol. The van der Waals surface area contributed by atoms with E-state index in [0.29, 0.717) is 35.8 Å². The van der Waals surface area contributed by atoms with Gasteiger partial charge in [0.1, 0.15) is 5.54 Å². The summed E-state index contributed by atoms with van der Waals surface area (Å²) in [5, 5.41) is 3.13. The number of aryl methyl sites for hydroxylation is 1. The van der Waals surface area contributed by atoms with Gasteiger partial charge in [0.05, 0.1) is 12.6 Å². The van der Waals surface area contributed by atoms with Crippen molar-refractivity contribution < 1.29 is 9.53 Å². The molecule has 0 spiro atoms.